The second-order valence-corrected chi connectivity index (χ2v) is 5.66. The van der Waals surface area contributed by atoms with Gasteiger partial charge in [-0.2, -0.15) is 0 Å². The van der Waals surface area contributed by atoms with Crippen LogP contribution in [0.1, 0.15) is 27.7 Å². The molecule has 2 rings (SSSR count). The van der Waals surface area contributed by atoms with E-state index in [1.165, 1.54) is 11.3 Å². The lowest BCUT2D eigenvalue weighted by molar-refractivity contribution is 0.0996. The number of thiophene rings is 1. The predicted octanol–water partition coefficient (Wildman–Crippen LogP) is 5.04. The fraction of sp³-hybridized carbons (Fsp3) is 0.214. The minimum atomic E-state index is 0.0804. The summed E-state index contributed by atoms with van der Waals surface area (Å²) >= 11 is 13.6. The fourth-order valence-electron chi connectivity index (χ4n) is 1.80. The van der Waals surface area contributed by atoms with E-state index in [9.17, 15) is 4.79 Å². The maximum atomic E-state index is 12.3. The van der Waals surface area contributed by atoms with Crippen LogP contribution in [0.2, 0.25) is 10.0 Å². The standard InChI is InChI=1S/C14H12Cl2OS/c1-2-9-6-7-18-14(9)13(17)8-10-11(15)4-3-5-12(10)16/h3-7H,2,8H2,1H3. The summed E-state index contributed by atoms with van der Waals surface area (Å²) < 4.78 is 0. The topological polar surface area (TPSA) is 17.1 Å². The molecule has 0 saturated carbocycles. The molecule has 2 aromatic rings. The summed E-state index contributed by atoms with van der Waals surface area (Å²) in [4.78, 5) is 13.1. The van der Waals surface area contributed by atoms with E-state index >= 15 is 0 Å². The van der Waals surface area contributed by atoms with Crippen LogP contribution in [0.25, 0.3) is 0 Å². The molecule has 18 heavy (non-hydrogen) atoms. The van der Waals surface area contributed by atoms with Crippen LogP contribution >= 0.6 is 34.5 Å². The molecule has 0 aliphatic heterocycles. The summed E-state index contributed by atoms with van der Waals surface area (Å²) in [5.74, 6) is 0.0804. The van der Waals surface area contributed by atoms with E-state index in [0.29, 0.717) is 15.6 Å². The van der Waals surface area contributed by atoms with Crippen LogP contribution in [0.3, 0.4) is 0 Å². The molecule has 0 spiro atoms. The Morgan fingerprint density at radius 2 is 1.89 bits per heavy atom. The lowest BCUT2D eigenvalue weighted by Crippen LogP contribution is -2.05. The number of Topliss-reactive ketones (excluding diaryl/α,β-unsaturated/α-hetero) is 1. The van der Waals surface area contributed by atoms with Crippen LogP contribution in [0.4, 0.5) is 0 Å². The number of rotatable bonds is 4. The van der Waals surface area contributed by atoms with Crippen molar-refractivity contribution in [1.82, 2.24) is 0 Å². The highest BCUT2D eigenvalue weighted by Gasteiger charge is 2.16. The fourth-order valence-corrected chi connectivity index (χ4v) is 3.27. The van der Waals surface area contributed by atoms with E-state index in [1.54, 1.807) is 18.2 Å². The second-order valence-electron chi connectivity index (χ2n) is 3.93. The van der Waals surface area contributed by atoms with Crippen molar-refractivity contribution < 1.29 is 4.79 Å². The van der Waals surface area contributed by atoms with Crippen molar-refractivity contribution >= 4 is 40.3 Å². The van der Waals surface area contributed by atoms with Gasteiger partial charge in [0.25, 0.3) is 0 Å². The highest BCUT2D eigenvalue weighted by Crippen LogP contribution is 2.27. The zero-order valence-corrected chi connectivity index (χ0v) is 12.2. The Morgan fingerprint density at radius 1 is 1.22 bits per heavy atom. The van der Waals surface area contributed by atoms with Crippen LogP contribution in [0.15, 0.2) is 29.6 Å². The Balaban J connectivity index is 2.27. The van der Waals surface area contributed by atoms with Gasteiger partial charge in [0.15, 0.2) is 5.78 Å². The number of benzene rings is 1. The molecule has 0 saturated heterocycles. The average molecular weight is 299 g/mol. The van der Waals surface area contributed by atoms with E-state index in [-0.39, 0.29) is 12.2 Å². The third-order valence-electron chi connectivity index (χ3n) is 2.78. The number of hydrogen-bond acceptors (Lipinski definition) is 2. The van der Waals surface area contributed by atoms with Crippen LogP contribution < -0.4 is 0 Å². The highest BCUT2D eigenvalue weighted by molar-refractivity contribution is 7.12. The van der Waals surface area contributed by atoms with Gasteiger partial charge in [-0.25, -0.2) is 0 Å². The van der Waals surface area contributed by atoms with Crippen LogP contribution in [-0.2, 0) is 12.8 Å². The Labute approximate surface area is 120 Å². The SMILES string of the molecule is CCc1ccsc1C(=O)Cc1c(Cl)cccc1Cl. The van der Waals surface area contributed by atoms with Crippen molar-refractivity contribution in [1.29, 1.82) is 0 Å². The van der Waals surface area contributed by atoms with Crippen molar-refractivity contribution in [3.63, 3.8) is 0 Å². The summed E-state index contributed by atoms with van der Waals surface area (Å²) in [6.45, 7) is 2.04. The number of carbonyl (C=O) groups excluding carboxylic acids is 1. The van der Waals surface area contributed by atoms with Crippen molar-refractivity contribution in [2.75, 3.05) is 0 Å². The second kappa shape index (κ2) is 5.87. The van der Waals surface area contributed by atoms with Gasteiger partial charge in [0.1, 0.15) is 0 Å². The molecule has 1 heterocycles. The summed E-state index contributed by atoms with van der Waals surface area (Å²) in [6.07, 6.45) is 1.12. The molecule has 1 nitrogen and oxygen atoms in total. The van der Waals surface area contributed by atoms with E-state index < -0.39 is 0 Å². The molecule has 0 radical (unpaired) electrons. The van der Waals surface area contributed by atoms with Gasteiger partial charge in [-0.1, -0.05) is 36.2 Å². The van der Waals surface area contributed by atoms with E-state index in [4.69, 9.17) is 23.2 Å². The maximum Gasteiger partial charge on any atom is 0.177 e. The largest absolute Gasteiger partial charge is 0.293 e. The molecule has 0 fully saturated rings. The molecule has 0 amide bonds. The quantitative estimate of drug-likeness (QED) is 0.723. The van der Waals surface area contributed by atoms with Crippen LogP contribution in [-0.4, -0.2) is 5.78 Å². The highest BCUT2D eigenvalue weighted by atomic mass is 35.5. The lowest BCUT2D eigenvalue weighted by Gasteiger charge is -2.06. The van der Waals surface area contributed by atoms with Crippen molar-refractivity contribution in [2.45, 2.75) is 19.8 Å². The Bertz CT molecular complexity index is 555. The summed E-state index contributed by atoms with van der Waals surface area (Å²) in [7, 11) is 0. The zero-order valence-electron chi connectivity index (χ0n) is 9.87. The molecule has 0 atom stereocenters. The maximum absolute atomic E-state index is 12.3. The van der Waals surface area contributed by atoms with Gasteiger partial charge in [0.05, 0.1) is 4.88 Å². The molecular formula is C14H12Cl2OS. The Kier molecular flexibility index (Phi) is 4.44. The van der Waals surface area contributed by atoms with Crippen LogP contribution in [0.5, 0.6) is 0 Å². The van der Waals surface area contributed by atoms with E-state index in [0.717, 1.165) is 16.9 Å². The normalized spacial score (nSPS) is 10.6. The first-order valence-corrected chi connectivity index (χ1v) is 7.29. The number of ketones is 1. The minimum Gasteiger partial charge on any atom is -0.293 e. The number of aryl methyl sites for hydroxylation is 1. The molecule has 0 unspecified atom stereocenters. The molecule has 1 aromatic heterocycles. The van der Waals surface area contributed by atoms with Gasteiger partial charge in [0.2, 0.25) is 0 Å². The minimum absolute atomic E-state index is 0.0804. The molecule has 1 aromatic carbocycles. The molecule has 0 bridgehead atoms. The summed E-state index contributed by atoms with van der Waals surface area (Å²) in [5, 5.41) is 3.04. The summed E-state index contributed by atoms with van der Waals surface area (Å²) in [5.41, 5.74) is 1.80. The van der Waals surface area contributed by atoms with E-state index in [2.05, 4.69) is 0 Å². The number of carbonyl (C=O) groups is 1. The molecule has 0 aliphatic rings. The molecular weight excluding hydrogens is 287 g/mol. The van der Waals surface area contributed by atoms with Gasteiger partial charge in [-0.3, -0.25) is 4.79 Å². The first kappa shape index (κ1) is 13.6. The zero-order chi connectivity index (χ0) is 13.1. The number of halogens is 2. The predicted molar refractivity (Wildman–Crippen MR) is 78.2 cm³/mol. The third-order valence-corrected chi connectivity index (χ3v) is 4.49. The molecule has 94 valence electrons. The molecule has 4 heteroatoms. The monoisotopic (exact) mass is 298 g/mol. The average Bonchev–Trinajstić information content (AvgIpc) is 2.82. The van der Waals surface area contributed by atoms with Gasteiger partial charge < -0.3 is 0 Å². The van der Waals surface area contributed by atoms with E-state index in [1.807, 2.05) is 18.4 Å². The van der Waals surface area contributed by atoms with Gasteiger partial charge in [-0.15, -0.1) is 11.3 Å². The van der Waals surface area contributed by atoms with Crippen molar-refractivity contribution in [3.05, 3.63) is 55.7 Å². The molecule has 0 N–H and O–H groups in total. The Morgan fingerprint density at radius 3 is 2.50 bits per heavy atom. The first-order valence-electron chi connectivity index (χ1n) is 5.66. The molecule has 0 aliphatic carbocycles. The van der Waals surface area contributed by atoms with Crippen molar-refractivity contribution in [3.8, 4) is 0 Å². The lowest BCUT2D eigenvalue weighted by atomic mass is 10.0. The van der Waals surface area contributed by atoms with Gasteiger partial charge in [0, 0.05) is 16.5 Å². The van der Waals surface area contributed by atoms with Gasteiger partial charge >= 0.3 is 0 Å². The smallest absolute Gasteiger partial charge is 0.177 e. The van der Waals surface area contributed by atoms with Crippen LogP contribution in [0, 0.1) is 0 Å². The van der Waals surface area contributed by atoms with Crippen molar-refractivity contribution in [2.24, 2.45) is 0 Å². The summed E-state index contributed by atoms with van der Waals surface area (Å²) in [6, 6.07) is 7.28. The number of hydrogen-bond donors (Lipinski definition) is 0. The van der Waals surface area contributed by atoms with Gasteiger partial charge in [-0.05, 0) is 41.1 Å². The Hall–Kier alpha value is -0.830. The first-order chi connectivity index (χ1) is 8.63. The third kappa shape index (κ3) is 2.77.